The van der Waals surface area contributed by atoms with Crippen molar-refractivity contribution < 1.29 is 27.6 Å². The molecule has 2 rings (SSSR count). The third-order valence-corrected chi connectivity index (χ3v) is 3.71. The predicted octanol–water partition coefficient (Wildman–Crippen LogP) is 2.69. The zero-order valence-corrected chi connectivity index (χ0v) is 11.5. The summed E-state index contributed by atoms with van der Waals surface area (Å²) in [6, 6.07) is 3.87. The summed E-state index contributed by atoms with van der Waals surface area (Å²) in [5.74, 6) is -0.976. The van der Waals surface area contributed by atoms with Crippen molar-refractivity contribution in [1.29, 1.82) is 0 Å². The van der Waals surface area contributed by atoms with Gasteiger partial charge in [0.25, 0.3) is 5.91 Å². The molecule has 1 aliphatic heterocycles. The Morgan fingerprint density at radius 3 is 2.29 bits per heavy atom. The van der Waals surface area contributed by atoms with Crippen LogP contribution in [0.1, 0.15) is 29.3 Å². The van der Waals surface area contributed by atoms with Gasteiger partial charge in [-0.15, -0.1) is 0 Å². The van der Waals surface area contributed by atoms with E-state index in [1.54, 1.807) is 0 Å². The maximum absolute atomic E-state index is 12.5. The highest BCUT2D eigenvalue weighted by Gasteiger charge is 2.49. The van der Waals surface area contributed by atoms with E-state index in [-0.39, 0.29) is 18.5 Å². The second-order valence-corrected chi connectivity index (χ2v) is 5.08. The normalized spacial score (nSPS) is 22.7. The zero-order chi connectivity index (χ0) is 15.8. The second kappa shape index (κ2) is 5.14. The first-order valence-electron chi connectivity index (χ1n) is 6.28. The lowest BCUT2D eigenvalue weighted by Gasteiger charge is -2.21. The monoisotopic (exact) mass is 301 g/mol. The lowest BCUT2D eigenvalue weighted by molar-refractivity contribution is -0.171. The van der Waals surface area contributed by atoms with Crippen molar-refractivity contribution in [2.45, 2.75) is 19.5 Å². The van der Waals surface area contributed by atoms with Gasteiger partial charge in [-0.3, -0.25) is 14.4 Å². The van der Waals surface area contributed by atoms with Gasteiger partial charge in [-0.2, -0.15) is 13.2 Å². The number of rotatable bonds is 3. The molecule has 0 aromatic heterocycles. The molecule has 114 valence electrons. The largest absolute Gasteiger partial charge is 0.416 e. The van der Waals surface area contributed by atoms with Crippen molar-refractivity contribution in [2.75, 3.05) is 13.7 Å². The number of amides is 1. The fourth-order valence-electron chi connectivity index (χ4n) is 2.32. The minimum absolute atomic E-state index is 0.0804. The second-order valence-electron chi connectivity index (χ2n) is 5.08. The van der Waals surface area contributed by atoms with Crippen LogP contribution in [0.2, 0.25) is 0 Å². The zero-order valence-electron chi connectivity index (χ0n) is 11.5. The summed E-state index contributed by atoms with van der Waals surface area (Å²) >= 11 is 0. The summed E-state index contributed by atoms with van der Waals surface area (Å²) in [4.78, 5) is 29.4. The molecule has 1 aromatic carbocycles. The van der Waals surface area contributed by atoms with E-state index in [0.717, 1.165) is 29.3 Å². The highest BCUT2D eigenvalue weighted by molar-refractivity contribution is 6.14. The van der Waals surface area contributed by atoms with E-state index in [1.165, 1.54) is 14.0 Å². The van der Waals surface area contributed by atoms with Crippen molar-refractivity contribution in [2.24, 2.45) is 5.41 Å². The third kappa shape index (κ3) is 2.65. The van der Waals surface area contributed by atoms with Crippen LogP contribution >= 0.6 is 0 Å². The molecule has 0 spiro atoms. The number of hydrogen-bond donors (Lipinski definition) is 0. The number of hydrogen-bond acceptors (Lipinski definition) is 3. The van der Waals surface area contributed by atoms with Crippen molar-refractivity contribution in [3.63, 3.8) is 0 Å². The highest BCUT2D eigenvalue weighted by Crippen LogP contribution is 2.36. The Bertz CT molecular complexity index is 568. The first-order chi connectivity index (χ1) is 9.70. The molecule has 1 atom stereocenters. The quantitative estimate of drug-likeness (QED) is 0.637. The Labute approximate surface area is 119 Å². The molecule has 1 heterocycles. The minimum Gasteiger partial charge on any atom is -0.293 e. The summed E-state index contributed by atoms with van der Waals surface area (Å²) in [5.41, 5.74) is -2.05. The lowest BCUT2D eigenvalue weighted by Crippen LogP contribution is -2.37. The number of alkyl halides is 3. The number of halogens is 3. The van der Waals surface area contributed by atoms with Crippen LogP contribution in [-0.4, -0.2) is 30.4 Å². The number of carbonyl (C=O) groups is 2. The molecule has 4 nitrogen and oxygen atoms in total. The van der Waals surface area contributed by atoms with Gasteiger partial charge in [-0.25, -0.2) is 5.06 Å². The summed E-state index contributed by atoms with van der Waals surface area (Å²) in [5, 5.41) is 1.09. The molecule has 1 aliphatic rings. The van der Waals surface area contributed by atoms with E-state index in [4.69, 9.17) is 4.84 Å². The van der Waals surface area contributed by atoms with Crippen molar-refractivity contribution in [3.05, 3.63) is 35.4 Å². The Morgan fingerprint density at radius 2 is 1.86 bits per heavy atom. The Kier molecular flexibility index (Phi) is 3.79. The summed E-state index contributed by atoms with van der Waals surface area (Å²) in [6.07, 6.45) is -4.19. The fourth-order valence-corrected chi connectivity index (χ4v) is 2.32. The van der Waals surface area contributed by atoms with E-state index in [1.807, 2.05) is 0 Å². The number of hydroxylamine groups is 2. The Balaban J connectivity index is 2.27. The van der Waals surface area contributed by atoms with Gasteiger partial charge in [-0.05, 0) is 25.5 Å². The van der Waals surface area contributed by atoms with Gasteiger partial charge < -0.3 is 0 Å². The molecule has 7 heteroatoms. The van der Waals surface area contributed by atoms with Crippen LogP contribution in [0.25, 0.3) is 0 Å². The van der Waals surface area contributed by atoms with Crippen molar-refractivity contribution in [1.82, 2.24) is 5.06 Å². The van der Waals surface area contributed by atoms with E-state index >= 15 is 0 Å². The standard InChI is InChI=1S/C14H14F3NO3/c1-13(7-8-18(21-2)12(13)20)11(19)9-3-5-10(6-4-9)14(15,16)17/h3-6H,7-8H2,1-2H3/t13-/m0/s1. The Morgan fingerprint density at radius 1 is 1.29 bits per heavy atom. The summed E-state index contributed by atoms with van der Waals surface area (Å²) in [6.45, 7) is 1.76. The van der Waals surface area contributed by atoms with Gasteiger partial charge in [0.2, 0.25) is 0 Å². The molecule has 1 fully saturated rings. The molecular weight excluding hydrogens is 287 g/mol. The maximum atomic E-state index is 12.5. The maximum Gasteiger partial charge on any atom is 0.416 e. The smallest absolute Gasteiger partial charge is 0.293 e. The topological polar surface area (TPSA) is 46.6 Å². The number of carbonyl (C=O) groups excluding carboxylic acids is 2. The molecule has 1 amide bonds. The highest BCUT2D eigenvalue weighted by atomic mass is 19.4. The predicted molar refractivity (Wildman–Crippen MR) is 67.2 cm³/mol. The summed E-state index contributed by atoms with van der Waals surface area (Å²) < 4.78 is 37.5. The molecule has 1 aromatic rings. The molecule has 0 N–H and O–H groups in total. The number of nitrogens with zero attached hydrogens (tertiary/aromatic N) is 1. The van der Waals surface area contributed by atoms with Crippen LogP contribution < -0.4 is 0 Å². The fraction of sp³-hybridized carbons (Fsp3) is 0.429. The minimum atomic E-state index is -4.46. The molecule has 0 bridgehead atoms. The molecule has 0 saturated carbocycles. The third-order valence-electron chi connectivity index (χ3n) is 3.71. The van der Waals surface area contributed by atoms with E-state index in [0.29, 0.717) is 0 Å². The van der Waals surface area contributed by atoms with E-state index in [2.05, 4.69) is 0 Å². The van der Waals surface area contributed by atoms with Crippen LogP contribution in [0.3, 0.4) is 0 Å². The molecule has 0 aliphatic carbocycles. The van der Waals surface area contributed by atoms with E-state index < -0.39 is 28.8 Å². The van der Waals surface area contributed by atoms with Crippen LogP contribution in [0.4, 0.5) is 13.2 Å². The Hall–Kier alpha value is -1.89. The number of Topliss-reactive ketones (excluding diaryl/α,β-unsaturated/α-hetero) is 1. The SMILES string of the molecule is CON1CC[C@@](C)(C(=O)c2ccc(C(F)(F)F)cc2)C1=O. The molecule has 0 unspecified atom stereocenters. The van der Waals surface area contributed by atoms with Gasteiger partial charge in [-0.1, -0.05) is 12.1 Å². The number of ketones is 1. The average Bonchev–Trinajstić information content (AvgIpc) is 2.74. The van der Waals surface area contributed by atoms with Gasteiger partial charge in [0, 0.05) is 5.56 Å². The van der Waals surface area contributed by atoms with Gasteiger partial charge in [0.1, 0.15) is 5.41 Å². The van der Waals surface area contributed by atoms with Gasteiger partial charge in [0.15, 0.2) is 5.78 Å². The molecular formula is C14H14F3NO3. The first-order valence-corrected chi connectivity index (χ1v) is 6.28. The lowest BCUT2D eigenvalue weighted by atomic mass is 9.81. The molecule has 21 heavy (non-hydrogen) atoms. The molecule has 1 saturated heterocycles. The summed E-state index contributed by atoms with van der Waals surface area (Å²) in [7, 11) is 1.33. The van der Waals surface area contributed by atoms with Crippen LogP contribution in [0.15, 0.2) is 24.3 Å². The first kappa shape index (κ1) is 15.5. The van der Waals surface area contributed by atoms with E-state index in [9.17, 15) is 22.8 Å². The average molecular weight is 301 g/mol. The number of benzene rings is 1. The van der Waals surface area contributed by atoms with Gasteiger partial charge >= 0.3 is 6.18 Å². The van der Waals surface area contributed by atoms with Crippen LogP contribution in [0, 0.1) is 5.41 Å². The van der Waals surface area contributed by atoms with Crippen molar-refractivity contribution >= 4 is 11.7 Å². The van der Waals surface area contributed by atoms with Crippen LogP contribution in [0.5, 0.6) is 0 Å². The van der Waals surface area contributed by atoms with Gasteiger partial charge in [0.05, 0.1) is 19.2 Å². The van der Waals surface area contributed by atoms with Crippen LogP contribution in [-0.2, 0) is 15.8 Å². The van der Waals surface area contributed by atoms with Crippen molar-refractivity contribution in [3.8, 4) is 0 Å². The molecule has 0 radical (unpaired) electrons.